The van der Waals surface area contributed by atoms with Gasteiger partial charge in [-0.1, -0.05) is 5.21 Å². The second kappa shape index (κ2) is 5.23. The fourth-order valence-electron chi connectivity index (χ4n) is 1.44. The number of hydrogen-bond acceptors (Lipinski definition) is 6. The highest BCUT2D eigenvalue weighted by Gasteiger charge is 2.14. The fourth-order valence-corrected chi connectivity index (χ4v) is 2.20. The van der Waals surface area contributed by atoms with Gasteiger partial charge < -0.3 is 10.8 Å². The monoisotopic (exact) mass is 267 g/mol. The molecule has 0 bridgehead atoms. The molecule has 2 aromatic heterocycles. The summed E-state index contributed by atoms with van der Waals surface area (Å²) >= 11 is 1.55. The van der Waals surface area contributed by atoms with Gasteiger partial charge in [0, 0.05) is 23.7 Å². The number of nitrogens with zero attached hydrogens (tertiary/aromatic N) is 4. The lowest BCUT2D eigenvalue weighted by Gasteiger charge is -2.01. The quantitative estimate of drug-likeness (QED) is 0.792. The summed E-state index contributed by atoms with van der Waals surface area (Å²) in [5.74, 6) is -1.04. The average Bonchev–Trinajstić information content (AvgIpc) is 2.89. The third-order valence-corrected chi connectivity index (χ3v) is 3.25. The molecule has 0 aliphatic rings. The van der Waals surface area contributed by atoms with Crippen molar-refractivity contribution in [2.75, 3.05) is 0 Å². The SMILES string of the molecule is Cc1csc(Cn2cc(CC(N)C(=O)O)nn2)n1. The number of aryl methyl sites for hydroxylation is 1. The molecule has 0 amide bonds. The van der Waals surface area contributed by atoms with Crippen LogP contribution in [0.4, 0.5) is 0 Å². The topological polar surface area (TPSA) is 107 Å². The molecule has 0 saturated carbocycles. The van der Waals surface area contributed by atoms with E-state index in [1.807, 2.05) is 12.3 Å². The summed E-state index contributed by atoms with van der Waals surface area (Å²) in [6.45, 7) is 2.46. The molecule has 0 aliphatic carbocycles. The number of nitrogens with two attached hydrogens (primary N) is 1. The van der Waals surface area contributed by atoms with E-state index in [1.165, 1.54) is 0 Å². The van der Waals surface area contributed by atoms with Gasteiger partial charge in [-0.25, -0.2) is 9.67 Å². The number of thiazole rings is 1. The minimum atomic E-state index is -1.04. The Morgan fingerprint density at radius 2 is 2.44 bits per heavy atom. The van der Waals surface area contributed by atoms with Gasteiger partial charge in [0.2, 0.25) is 0 Å². The van der Waals surface area contributed by atoms with Crippen molar-refractivity contribution in [1.82, 2.24) is 20.0 Å². The van der Waals surface area contributed by atoms with Gasteiger partial charge in [0.15, 0.2) is 0 Å². The van der Waals surface area contributed by atoms with Crippen molar-refractivity contribution >= 4 is 17.3 Å². The number of hydrogen-bond donors (Lipinski definition) is 2. The van der Waals surface area contributed by atoms with Crippen molar-refractivity contribution in [2.24, 2.45) is 5.73 Å². The first-order valence-corrected chi connectivity index (χ1v) is 6.21. The molecular weight excluding hydrogens is 254 g/mol. The highest BCUT2D eigenvalue weighted by molar-refractivity contribution is 7.09. The van der Waals surface area contributed by atoms with Gasteiger partial charge in [-0.3, -0.25) is 4.79 Å². The summed E-state index contributed by atoms with van der Waals surface area (Å²) in [7, 11) is 0. The van der Waals surface area contributed by atoms with Gasteiger partial charge >= 0.3 is 5.97 Å². The zero-order valence-corrected chi connectivity index (χ0v) is 10.6. The molecule has 3 N–H and O–H groups in total. The van der Waals surface area contributed by atoms with E-state index in [2.05, 4.69) is 15.3 Å². The van der Waals surface area contributed by atoms with E-state index < -0.39 is 12.0 Å². The highest BCUT2D eigenvalue weighted by atomic mass is 32.1. The third-order valence-electron chi connectivity index (χ3n) is 2.30. The zero-order chi connectivity index (χ0) is 13.1. The van der Waals surface area contributed by atoms with E-state index >= 15 is 0 Å². The van der Waals surface area contributed by atoms with E-state index in [0.29, 0.717) is 12.2 Å². The van der Waals surface area contributed by atoms with Gasteiger partial charge in [-0.15, -0.1) is 16.4 Å². The van der Waals surface area contributed by atoms with E-state index in [4.69, 9.17) is 10.8 Å². The maximum absolute atomic E-state index is 10.6. The normalized spacial score (nSPS) is 12.6. The number of aliphatic carboxylic acids is 1. The van der Waals surface area contributed by atoms with Crippen LogP contribution >= 0.6 is 11.3 Å². The van der Waals surface area contributed by atoms with Crippen molar-refractivity contribution in [3.8, 4) is 0 Å². The predicted molar refractivity (Wildman–Crippen MR) is 65.3 cm³/mol. The van der Waals surface area contributed by atoms with Crippen LogP contribution in [0.25, 0.3) is 0 Å². The summed E-state index contributed by atoms with van der Waals surface area (Å²) in [5.41, 5.74) is 6.97. The Morgan fingerprint density at radius 3 is 3.06 bits per heavy atom. The maximum Gasteiger partial charge on any atom is 0.320 e. The van der Waals surface area contributed by atoms with E-state index in [1.54, 1.807) is 22.2 Å². The smallest absolute Gasteiger partial charge is 0.320 e. The van der Waals surface area contributed by atoms with Gasteiger partial charge in [-0.05, 0) is 6.92 Å². The third kappa shape index (κ3) is 3.11. The van der Waals surface area contributed by atoms with Crippen LogP contribution in [-0.2, 0) is 17.8 Å². The van der Waals surface area contributed by atoms with E-state index in [9.17, 15) is 4.79 Å². The second-order valence-electron chi connectivity index (χ2n) is 3.94. The highest BCUT2D eigenvalue weighted by Crippen LogP contribution is 2.10. The molecule has 1 atom stereocenters. The van der Waals surface area contributed by atoms with Crippen LogP contribution in [0.15, 0.2) is 11.6 Å². The molecule has 2 rings (SSSR count). The average molecular weight is 267 g/mol. The van der Waals surface area contributed by atoms with Crippen LogP contribution in [-0.4, -0.2) is 37.1 Å². The molecule has 0 saturated heterocycles. The minimum Gasteiger partial charge on any atom is -0.480 e. The van der Waals surface area contributed by atoms with Gasteiger partial charge in [0.1, 0.15) is 11.0 Å². The molecule has 0 fully saturated rings. The molecule has 1 unspecified atom stereocenters. The van der Waals surface area contributed by atoms with Crippen molar-refractivity contribution in [2.45, 2.75) is 25.9 Å². The van der Waals surface area contributed by atoms with Crippen LogP contribution in [0.5, 0.6) is 0 Å². The summed E-state index contributed by atoms with van der Waals surface area (Å²) < 4.78 is 1.63. The number of aromatic nitrogens is 4. The number of carboxylic acids is 1. The molecule has 18 heavy (non-hydrogen) atoms. The largest absolute Gasteiger partial charge is 0.480 e. The van der Waals surface area contributed by atoms with Crippen molar-refractivity contribution < 1.29 is 9.90 Å². The predicted octanol–water partition coefficient (Wildman–Crippen LogP) is 0.0457. The molecule has 0 radical (unpaired) electrons. The van der Waals surface area contributed by atoms with E-state index in [0.717, 1.165) is 10.7 Å². The molecular formula is C10H13N5O2S. The summed E-state index contributed by atoms with van der Waals surface area (Å²) in [6, 6.07) is -0.947. The lowest BCUT2D eigenvalue weighted by Crippen LogP contribution is -2.32. The summed E-state index contributed by atoms with van der Waals surface area (Å²) in [6.07, 6.45) is 1.87. The number of carbonyl (C=O) groups is 1. The van der Waals surface area contributed by atoms with Gasteiger partial charge in [-0.2, -0.15) is 0 Å². The first-order valence-electron chi connectivity index (χ1n) is 5.33. The Balaban J connectivity index is 2.00. The van der Waals surface area contributed by atoms with Crippen LogP contribution in [0.2, 0.25) is 0 Å². The van der Waals surface area contributed by atoms with Crippen LogP contribution in [0, 0.1) is 6.92 Å². The molecule has 0 aliphatic heterocycles. The molecule has 2 heterocycles. The van der Waals surface area contributed by atoms with Crippen LogP contribution in [0.1, 0.15) is 16.4 Å². The second-order valence-corrected chi connectivity index (χ2v) is 4.88. The molecule has 96 valence electrons. The van der Waals surface area contributed by atoms with Crippen molar-refractivity contribution in [3.63, 3.8) is 0 Å². The Labute approximate surface area is 107 Å². The van der Waals surface area contributed by atoms with Crippen LogP contribution < -0.4 is 5.73 Å². The Bertz CT molecular complexity index is 550. The lowest BCUT2D eigenvalue weighted by atomic mass is 10.2. The summed E-state index contributed by atoms with van der Waals surface area (Å²) in [5, 5.41) is 19.4. The number of rotatable bonds is 5. The number of carboxylic acid groups (broad SMARTS) is 1. The fraction of sp³-hybridized carbons (Fsp3) is 0.400. The Kier molecular flexibility index (Phi) is 3.68. The van der Waals surface area contributed by atoms with E-state index in [-0.39, 0.29) is 6.42 Å². The molecule has 0 aromatic carbocycles. The first kappa shape index (κ1) is 12.7. The standard InChI is InChI=1S/C10H13N5O2S/c1-6-5-18-9(12-6)4-15-3-7(13-14-15)2-8(11)10(16)17/h3,5,8H,2,4,11H2,1H3,(H,16,17). The lowest BCUT2D eigenvalue weighted by molar-refractivity contribution is -0.138. The Morgan fingerprint density at radius 1 is 1.67 bits per heavy atom. The summed E-state index contributed by atoms with van der Waals surface area (Å²) in [4.78, 5) is 14.9. The molecule has 2 aromatic rings. The maximum atomic E-state index is 10.6. The van der Waals surface area contributed by atoms with Gasteiger partial charge in [0.05, 0.1) is 12.2 Å². The Hall–Kier alpha value is -1.80. The van der Waals surface area contributed by atoms with Crippen molar-refractivity contribution in [3.05, 3.63) is 28.0 Å². The van der Waals surface area contributed by atoms with Gasteiger partial charge in [0.25, 0.3) is 0 Å². The molecule has 8 heteroatoms. The van der Waals surface area contributed by atoms with Crippen LogP contribution in [0.3, 0.4) is 0 Å². The molecule has 0 spiro atoms. The molecule has 7 nitrogen and oxygen atoms in total. The minimum absolute atomic E-state index is 0.173. The first-order chi connectivity index (χ1) is 8.54. The zero-order valence-electron chi connectivity index (χ0n) is 9.78. The van der Waals surface area contributed by atoms with Crippen molar-refractivity contribution in [1.29, 1.82) is 0 Å².